The molecular weight excluding hydrogens is 318 g/mol. The van der Waals surface area contributed by atoms with Crippen molar-refractivity contribution in [3.8, 4) is 0 Å². The molecule has 6 heteroatoms. The minimum Gasteiger partial charge on any atom is -0.391 e. The number of likely N-dealkylation sites (tertiary alicyclic amines) is 1. The van der Waals surface area contributed by atoms with Gasteiger partial charge in [0.2, 0.25) is 5.91 Å². The molecule has 1 saturated heterocycles. The Morgan fingerprint density at radius 1 is 1.20 bits per heavy atom. The maximum Gasteiger partial charge on any atom is 0.228 e. The number of hydrogen-bond acceptors (Lipinski definition) is 5. The van der Waals surface area contributed by atoms with Crippen LogP contribution in [0.5, 0.6) is 0 Å². The van der Waals surface area contributed by atoms with Crippen molar-refractivity contribution >= 4 is 16.9 Å². The number of aliphatic hydroxyl groups is 1. The van der Waals surface area contributed by atoms with Gasteiger partial charge < -0.3 is 14.5 Å². The number of aliphatic hydroxyl groups excluding tert-OH is 1. The van der Waals surface area contributed by atoms with Crippen LogP contribution in [-0.2, 0) is 17.6 Å². The first-order valence-electron chi connectivity index (χ1n) is 8.39. The van der Waals surface area contributed by atoms with Gasteiger partial charge in [-0.3, -0.25) is 9.78 Å². The first-order valence-corrected chi connectivity index (χ1v) is 8.39. The largest absolute Gasteiger partial charge is 0.391 e. The van der Waals surface area contributed by atoms with Crippen LogP contribution in [0.1, 0.15) is 11.3 Å². The van der Waals surface area contributed by atoms with E-state index in [4.69, 9.17) is 4.52 Å². The van der Waals surface area contributed by atoms with Gasteiger partial charge in [-0.1, -0.05) is 17.3 Å². The first kappa shape index (κ1) is 15.8. The molecule has 128 valence electrons. The molecule has 2 aromatic heterocycles. The minimum absolute atomic E-state index is 0.0321. The van der Waals surface area contributed by atoms with Crippen molar-refractivity contribution in [3.05, 3.63) is 60.0 Å². The average molecular weight is 337 g/mol. The lowest BCUT2D eigenvalue weighted by Gasteiger charge is -2.15. The number of para-hydroxylation sites is 1. The van der Waals surface area contributed by atoms with Gasteiger partial charge in [-0.15, -0.1) is 0 Å². The lowest BCUT2D eigenvalue weighted by atomic mass is 9.97. The molecule has 0 unspecified atom stereocenters. The van der Waals surface area contributed by atoms with Crippen LogP contribution in [0.25, 0.3) is 11.0 Å². The molecule has 0 aliphatic carbocycles. The van der Waals surface area contributed by atoms with E-state index in [-0.39, 0.29) is 18.2 Å². The maximum absolute atomic E-state index is 12.6. The molecule has 1 N–H and O–H groups in total. The molecule has 1 amide bonds. The van der Waals surface area contributed by atoms with Gasteiger partial charge in [0.1, 0.15) is 5.69 Å². The average Bonchev–Trinajstić information content (AvgIpc) is 3.20. The van der Waals surface area contributed by atoms with Crippen LogP contribution in [0.3, 0.4) is 0 Å². The molecule has 1 aliphatic rings. The number of aromatic nitrogens is 2. The Morgan fingerprint density at radius 3 is 2.84 bits per heavy atom. The van der Waals surface area contributed by atoms with Crippen LogP contribution in [0.4, 0.5) is 0 Å². The Kier molecular flexibility index (Phi) is 4.19. The standard InChI is InChI=1S/C19H19N3O3/c23-17-12-22(11-14(17)9-13-5-7-20-8-6-13)19(24)10-16-15-3-1-2-4-18(15)25-21-16/h1-8,14,17,23H,9-12H2/t14-,17-/m1/s1. The number of pyridine rings is 1. The lowest BCUT2D eigenvalue weighted by Crippen LogP contribution is -2.31. The van der Waals surface area contributed by atoms with Crippen molar-refractivity contribution in [1.29, 1.82) is 0 Å². The van der Waals surface area contributed by atoms with Gasteiger partial charge >= 0.3 is 0 Å². The number of hydrogen-bond donors (Lipinski definition) is 1. The van der Waals surface area contributed by atoms with Gasteiger partial charge in [0, 0.05) is 36.8 Å². The Balaban J connectivity index is 1.43. The topological polar surface area (TPSA) is 79.5 Å². The number of fused-ring (bicyclic) bond motifs is 1. The SMILES string of the molecule is O=C(Cc1noc2ccccc12)N1C[C@@H](Cc2ccncc2)[C@H](O)C1. The number of β-amino-alcohol motifs (C(OH)–C–C–N with tert-alkyl or cyclic N) is 1. The maximum atomic E-state index is 12.6. The molecule has 1 aliphatic heterocycles. The second-order valence-corrected chi connectivity index (χ2v) is 6.49. The Hall–Kier alpha value is -2.73. The number of carbonyl (C=O) groups is 1. The van der Waals surface area contributed by atoms with E-state index in [9.17, 15) is 9.90 Å². The summed E-state index contributed by atoms with van der Waals surface area (Å²) in [5.41, 5.74) is 2.45. The molecule has 3 heterocycles. The zero-order chi connectivity index (χ0) is 17.2. The van der Waals surface area contributed by atoms with E-state index < -0.39 is 6.10 Å². The van der Waals surface area contributed by atoms with Gasteiger partial charge in [0.15, 0.2) is 5.58 Å². The predicted octanol–water partition coefficient (Wildman–Crippen LogP) is 1.83. The van der Waals surface area contributed by atoms with Crippen LogP contribution < -0.4 is 0 Å². The monoisotopic (exact) mass is 337 g/mol. The van der Waals surface area contributed by atoms with Crippen molar-refractivity contribution in [2.24, 2.45) is 5.92 Å². The summed E-state index contributed by atoms with van der Waals surface area (Å²) >= 11 is 0. The molecular formula is C19H19N3O3. The van der Waals surface area contributed by atoms with E-state index in [1.54, 1.807) is 17.3 Å². The molecule has 0 radical (unpaired) electrons. The Labute approximate surface area is 145 Å². The fraction of sp³-hybridized carbons (Fsp3) is 0.316. The number of rotatable bonds is 4. The van der Waals surface area contributed by atoms with Crippen LogP contribution in [0.15, 0.2) is 53.3 Å². The molecule has 4 rings (SSSR count). The normalized spacial score (nSPS) is 20.3. The minimum atomic E-state index is -0.508. The molecule has 6 nitrogen and oxygen atoms in total. The predicted molar refractivity (Wildman–Crippen MR) is 91.7 cm³/mol. The second-order valence-electron chi connectivity index (χ2n) is 6.49. The molecule has 25 heavy (non-hydrogen) atoms. The highest BCUT2D eigenvalue weighted by atomic mass is 16.5. The lowest BCUT2D eigenvalue weighted by molar-refractivity contribution is -0.129. The van der Waals surface area contributed by atoms with E-state index in [1.165, 1.54) is 0 Å². The van der Waals surface area contributed by atoms with E-state index in [0.29, 0.717) is 24.4 Å². The van der Waals surface area contributed by atoms with Crippen LogP contribution in [0.2, 0.25) is 0 Å². The molecule has 2 atom stereocenters. The Morgan fingerprint density at radius 2 is 2.00 bits per heavy atom. The summed E-state index contributed by atoms with van der Waals surface area (Å²) in [5.74, 6) is 0.00994. The third-order valence-corrected chi connectivity index (χ3v) is 4.78. The fourth-order valence-electron chi connectivity index (χ4n) is 3.40. The summed E-state index contributed by atoms with van der Waals surface area (Å²) < 4.78 is 5.26. The van der Waals surface area contributed by atoms with Gasteiger partial charge in [0.05, 0.1) is 12.5 Å². The molecule has 1 fully saturated rings. The van der Waals surface area contributed by atoms with E-state index >= 15 is 0 Å². The van der Waals surface area contributed by atoms with Crippen molar-refractivity contribution in [3.63, 3.8) is 0 Å². The van der Waals surface area contributed by atoms with Crippen LogP contribution in [-0.4, -0.2) is 45.2 Å². The quantitative estimate of drug-likeness (QED) is 0.786. The summed E-state index contributed by atoms with van der Waals surface area (Å²) in [6.07, 6.45) is 3.91. The van der Waals surface area contributed by atoms with Gasteiger partial charge in [0.25, 0.3) is 0 Å². The smallest absolute Gasteiger partial charge is 0.228 e. The van der Waals surface area contributed by atoms with Crippen molar-refractivity contribution < 1.29 is 14.4 Å². The van der Waals surface area contributed by atoms with E-state index in [0.717, 1.165) is 17.4 Å². The summed E-state index contributed by atoms with van der Waals surface area (Å²) in [6.45, 7) is 0.919. The molecule has 1 aromatic carbocycles. The molecule has 3 aromatic rings. The summed E-state index contributed by atoms with van der Waals surface area (Å²) in [6, 6.07) is 11.4. The fourth-order valence-corrected chi connectivity index (χ4v) is 3.40. The first-order chi connectivity index (χ1) is 12.2. The molecule has 0 saturated carbocycles. The summed E-state index contributed by atoms with van der Waals surface area (Å²) in [7, 11) is 0. The van der Waals surface area contributed by atoms with E-state index in [1.807, 2.05) is 36.4 Å². The second kappa shape index (κ2) is 6.64. The highest BCUT2D eigenvalue weighted by molar-refractivity contribution is 5.86. The van der Waals surface area contributed by atoms with Crippen LogP contribution in [0, 0.1) is 5.92 Å². The molecule has 0 bridgehead atoms. The van der Waals surface area contributed by atoms with E-state index in [2.05, 4.69) is 10.1 Å². The third kappa shape index (κ3) is 3.25. The summed E-state index contributed by atoms with van der Waals surface area (Å²) in [5, 5.41) is 15.2. The van der Waals surface area contributed by atoms with Gasteiger partial charge in [-0.2, -0.15) is 0 Å². The number of carbonyl (C=O) groups excluding carboxylic acids is 1. The number of nitrogens with zero attached hydrogens (tertiary/aromatic N) is 3. The van der Waals surface area contributed by atoms with Crippen LogP contribution >= 0.6 is 0 Å². The summed E-state index contributed by atoms with van der Waals surface area (Å²) in [4.78, 5) is 18.4. The van der Waals surface area contributed by atoms with Crippen molar-refractivity contribution in [2.75, 3.05) is 13.1 Å². The highest BCUT2D eigenvalue weighted by Crippen LogP contribution is 2.23. The zero-order valence-electron chi connectivity index (χ0n) is 13.7. The third-order valence-electron chi connectivity index (χ3n) is 4.78. The zero-order valence-corrected chi connectivity index (χ0v) is 13.7. The van der Waals surface area contributed by atoms with Crippen molar-refractivity contribution in [1.82, 2.24) is 15.0 Å². The van der Waals surface area contributed by atoms with Gasteiger partial charge in [-0.25, -0.2) is 0 Å². The number of benzene rings is 1. The Bertz CT molecular complexity index is 878. The van der Waals surface area contributed by atoms with Gasteiger partial charge in [-0.05, 0) is 36.2 Å². The number of amides is 1. The molecule has 0 spiro atoms. The van der Waals surface area contributed by atoms with Crippen molar-refractivity contribution in [2.45, 2.75) is 18.9 Å². The highest BCUT2D eigenvalue weighted by Gasteiger charge is 2.34.